The highest BCUT2D eigenvalue weighted by molar-refractivity contribution is 5.99. The number of amides is 4. The van der Waals surface area contributed by atoms with Crippen LogP contribution in [0.25, 0.3) is 0 Å². The van der Waals surface area contributed by atoms with E-state index in [-0.39, 0.29) is 48.8 Å². The fourth-order valence-electron chi connectivity index (χ4n) is 5.81. The number of phenols is 1. The number of ether oxygens (including phenoxy) is 1. The second-order valence-electron chi connectivity index (χ2n) is 11.9. The molecule has 1 saturated carbocycles. The lowest BCUT2D eigenvalue weighted by Crippen LogP contribution is -2.51. The maximum atomic E-state index is 13.5. The molecule has 4 N–H and O–H groups in total. The number of carbonyl (C=O) groups is 4. The van der Waals surface area contributed by atoms with Crippen LogP contribution >= 0.6 is 0 Å². The summed E-state index contributed by atoms with van der Waals surface area (Å²) in [5.74, 6) is -0.780. The summed E-state index contributed by atoms with van der Waals surface area (Å²) in [6.45, 7) is 0.990. The number of aromatic hydroxyl groups is 1. The van der Waals surface area contributed by atoms with Gasteiger partial charge in [0.05, 0.1) is 12.2 Å². The van der Waals surface area contributed by atoms with Crippen molar-refractivity contribution >= 4 is 23.6 Å². The quantitative estimate of drug-likeness (QED) is 0.417. The number of hydrogen-bond acceptors (Lipinski definition) is 6. The van der Waals surface area contributed by atoms with Gasteiger partial charge in [0.1, 0.15) is 23.6 Å². The van der Waals surface area contributed by atoms with Gasteiger partial charge in [-0.1, -0.05) is 56.4 Å². The van der Waals surface area contributed by atoms with Gasteiger partial charge in [-0.2, -0.15) is 0 Å². The van der Waals surface area contributed by atoms with Gasteiger partial charge in [0.25, 0.3) is 5.91 Å². The molecule has 2 aliphatic rings. The van der Waals surface area contributed by atoms with Gasteiger partial charge in [0.2, 0.25) is 17.7 Å². The lowest BCUT2D eigenvalue weighted by Gasteiger charge is -2.27. The molecule has 4 amide bonds. The van der Waals surface area contributed by atoms with Crippen LogP contribution in [0.4, 0.5) is 0 Å². The van der Waals surface area contributed by atoms with Crippen LogP contribution in [0.5, 0.6) is 11.5 Å². The molecule has 1 aliphatic carbocycles. The largest absolute Gasteiger partial charge is 0.508 e. The van der Waals surface area contributed by atoms with E-state index >= 15 is 0 Å². The van der Waals surface area contributed by atoms with Crippen LogP contribution in [0.2, 0.25) is 0 Å². The van der Waals surface area contributed by atoms with Crippen molar-refractivity contribution in [1.29, 1.82) is 0 Å². The highest BCUT2D eigenvalue weighted by Crippen LogP contribution is 2.21. The molecule has 2 aromatic carbocycles. The Labute approximate surface area is 259 Å². The Morgan fingerprint density at radius 3 is 2.39 bits per heavy atom. The Kier molecular flexibility index (Phi) is 12.4. The smallest absolute Gasteiger partial charge is 0.255 e. The zero-order chi connectivity index (χ0) is 31.3. The maximum absolute atomic E-state index is 13.5. The average molecular weight is 607 g/mol. The van der Waals surface area contributed by atoms with E-state index in [4.69, 9.17) is 4.74 Å². The Balaban J connectivity index is 1.54. The molecule has 1 aliphatic heterocycles. The van der Waals surface area contributed by atoms with Crippen LogP contribution in [-0.2, 0) is 20.8 Å². The van der Waals surface area contributed by atoms with E-state index < -0.39 is 18.0 Å². The van der Waals surface area contributed by atoms with Crippen molar-refractivity contribution in [3.63, 3.8) is 0 Å². The third-order valence-corrected chi connectivity index (χ3v) is 8.40. The fourth-order valence-corrected chi connectivity index (χ4v) is 5.81. The van der Waals surface area contributed by atoms with Crippen molar-refractivity contribution in [3.8, 4) is 11.5 Å². The summed E-state index contributed by atoms with van der Waals surface area (Å²) < 4.78 is 5.97. The molecule has 2 aromatic rings. The average Bonchev–Trinajstić information content (AvgIpc) is 3.03. The molecule has 238 valence electrons. The highest BCUT2D eigenvalue weighted by atomic mass is 16.5. The summed E-state index contributed by atoms with van der Waals surface area (Å²) in [4.78, 5) is 55.3. The summed E-state index contributed by atoms with van der Waals surface area (Å²) in [5.41, 5.74) is 1.13. The van der Waals surface area contributed by atoms with Crippen molar-refractivity contribution in [2.75, 3.05) is 20.2 Å². The SMILES string of the molecule is CN1CCCCCCOc2ccccc2C(=O)N[C@H](C(=O)NC2CCCCC2)CCC(=O)N[C@@H](Cc2ccc(O)cc2)C1=O. The van der Waals surface area contributed by atoms with Gasteiger partial charge in [0.15, 0.2) is 0 Å². The molecule has 1 fully saturated rings. The number of benzene rings is 2. The Hall–Kier alpha value is -4.08. The first kappa shape index (κ1) is 32.8. The third-order valence-electron chi connectivity index (χ3n) is 8.40. The van der Waals surface area contributed by atoms with Crippen LogP contribution in [0.15, 0.2) is 48.5 Å². The predicted molar refractivity (Wildman–Crippen MR) is 167 cm³/mol. The van der Waals surface area contributed by atoms with Crippen LogP contribution in [0.3, 0.4) is 0 Å². The minimum Gasteiger partial charge on any atom is -0.508 e. The molecule has 0 spiro atoms. The van der Waals surface area contributed by atoms with Gasteiger partial charge >= 0.3 is 0 Å². The molecule has 1 heterocycles. The Bertz CT molecular complexity index is 1260. The van der Waals surface area contributed by atoms with E-state index in [1.165, 1.54) is 0 Å². The highest BCUT2D eigenvalue weighted by Gasteiger charge is 2.28. The van der Waals surface area contributed by atoms with Crippen molar-refractivity contribution in [3.05, 3.63) is 59.7 Å². The maximum Gasteiger partial charge on any atom is 0.255 e. The van der Waals surface area contributed by atoms with Crippen molar-refractivity contribution in [1.82, 2.24) is 20.9 Å². The second kappa shape index (κ2) is 16.7. The number of phenolic OH excluding ortho intramolecular Hbond substituents is 1. The minimum absolute atomic E-state index is 0.0393. The first-order chi connectivity index (χ1) is 21.3. The monoisotopic (exact) mass is 606 g/mol. The zero-order valence-electron chi connectivity index (χ0n) is 25.7. The first-order valence-corrected chi connectivity index (χ1v) is 16.0. The van der Waals surface area contributed by atoms with Gasteiger partial charge in [-0.3, -0.25) is 19.2 Å². The number of rotatable bonds is 4. The Morgan fingerprint density at radius 1 is 0.909 bits per heavy atom. The van der Waals surface area contributed by atoms with Gasteiger partial charge in [-0.05, 0) is 61.9 Å². The zero-order valence-corrected chi connectivity index (χ0v) is 25.7. The molecule has 0 aromatic heterocycles. The molecule has 10 heteroatoms. The second-order valence-corrected chi connectivity index (χ2v) is 11.9. The number of fused-ring (bicyclic) bond motifs is 1. The molecular weight excluding hydrogens is 560 g/mol. The van der Waals surface area contributed by atoms with E-state index in [2.05, 4.69) is 16.0 Å². The summed E-state index contributed by atoms with van der Waals surface area (Å²) in [7, 11) is 1.74. The van der Waals surface area contributed by atoms with Gasteiger partial charge in [0, 0.05) is 32.5 Å². The first-order valence-electron chi connectivity index (χ1n) is 16.0. The van der Waals surface area contributed by atoms with E-state index in [0.717, 1.165) is 63.4 Å². The van der Waals surface area contributed by atoms with E-state index in [0.29, 0.717) is 24.5 Å². The topological polar surface area (TPSA) is 137 Å². The predicted octanol–water partition coefficient (Wildman–Crippen LogP) is 3.86. The summed E-state index contributed by atoms with van der Waals surface area (Å²) in [6.07, 6.45) is 8.64. The van der Waals surface area contributed by atoms with Crippen LogP contribution in [-0.4, -0.2) is 72.0 Å². The molecular formula is C34H46N4O6. The van der Waals surface area contributed by atoms with Gasteiger partial charge in [-0.15, -0.1) is 0 Å². The molecule has 4 rings (SSSR count). The molecule has 0 unspecified atom stereocenters. The van der Waals surface area contributed by atoms with E-state index in [1.54, 1.807) is 60.5 Å². The van der Waals surface area contributed by atoms with Crippen molar-refractivity contribution in [2.45, 2.75) is 95.2 Å². The number of carbonyl (C=O) groups excluding carboxylic acids is 4. The summed E-state index contributed by atoms with van der Waals surface area (Å²) in [5, 5.41) is 18.5. The lowest BCUT2D eigenvalue weighted by atomic mass is 9.95. The molecule has 44 heavy (non-hydrogen) atoms. The van der Waals surface area contributed by atoms with Crippen LogP contribution in [0, 0.1) is 0 Å². The molecule has 0 radical (unpaired) electrons. The standard InChI is InChI=1S/C34H46N4O6/c1-38-21-9-2-3-10-22-44-30-14-8-7-13-27(30)32(41)37-28(33(42)35-25-11-5-4-6-12-25)19-20-31(40)36-29(34(38)43)23-24-15-17-26(39)18-16-24/h7-8,13-18,25,28-29,39H,2-6,9-12,19-23H2,1H3,(H,35,42)(H,36,40)(H,37,41)/t28-,29-/m0/s1. The third kappa shape index (κ3) is 9.99. The molecule has 10 nitrogen and oxygen atoms in total. The van der Waals surface area contributed by atoms with Gasteiger partial charge < -0.3 is 30.7 Å². The normalized spacial score (nSPS) is 21.8. The Morgan fingerprint density at radius 2 is 1.61 bits per heavy atom. The lowest BCUT2D eigenvalue weighted by molar-refractivity contribution is -0.135. The van der Waals surface area contributed by atoms with E-state index in [1.807, 2.05) is 0 Å². The number of nitrogens with one attached hydrogen (secondary N) is 3. The van der Waals surface area contributed by atoms with Crippen LogP contribution < -0.4 is 20.7 Å². The number of hydrogen-bond donors (Lipinski definition) is 4. The number of para-hydroxylation sites is 1. The molecule has 0 saturated heterocycles. The van der Waals surface area contributed by atoms with Crippen molar-refractivity contribution in [2.24, 2.45) is 0 Å². The number of nitrogens with zero attached hydrogens (tertiary/aromatic N) is 1. The van der Waals surface area contributed by atoms with Gasteiger partial charge in [-0.25, -0.2) is 0 Å². The summed E-state index contributed by atoms with van der Waals surface area (Å²) in [6, 6.07) is 11.8. The van der Waals surface area contributed by atoms with E-state index in [9.17, 15) is 24.3 Å². The van der Waals surface area contributed by atoms with Crippen molar-refractivity contribution < 1.29 is 29.0 Å². The molecule has 0 bridgehead atoms. The fraction of sp³-hybridized carbons (Fsp3) is 0.529. The molecule has 2 atom stereocenters. The number of likely N-dealkylation sites (N-methyl/N-ethyl adjacent to an activating group) is 1. The summed E-state index contributed by atoms with van der Waals surface area (Å²) >= 11 is 0. The minimum atomic E-state index is -0.945. The van der Waals surface area contributed by atoms with Crippen LogP contribution in [0.1, 0.15) is 86.6 Å².